The van der Waals surface area contributed by atoms with E-state index < -0.39 is 11.7 Å². The molecule has 0 saturated heterocycles. The van der Waals surface area contributed by atoms with Crippen molar-refractivity contribution >= 4 is 15.9 Å². The fraction of sp³-hybridized carbons (Fsp3) is 0.273. The molecule has 0 atom stereocenters. The maximum absolute atomic E-state index is 13.0. The normalized spacial score (nSPS) is 11.9. The van der Waals surface area contributed by atoms with Crippen molar-refractivity contribution in [2.24, 2.45) is 0 Å². The van der Waals surface area contributed by atoms with Gasteiger partial charge in [0.05, 0.1) is 5.69 Å². The fourth-order valence-corrected chi connectivity index (χ4v) is 1.98. The Kier molecular flexibility index (Phi) is 3.18. The van der Waals surface area contributed by atoms with Gasteiger partial charge in [-0.05, 0) is 41.9 Å². The van der Waals surface area contributed by atoms with Crippen LogP contribution in [0.15, 0.2) is 22.8 Å². The second kappa shape index (κ2) is 4.38. The summed E-state index contributed by atoms with van der Waals surface area (Å²) in [4.78, 5) is 3.82. The van der Waals surface area contributed by atoms with Gasteiger partial charge < -0.3 is 0 Å². The number of hydrogen-bond acceptors (Lipinski definition) is 2. The summed E-state index contributed by atoms with van der Waals surface area (Å²) >= 11 is 2.99. The molecule has 0 N–H and O–H groups in total. The molecule has 0 aliphatic carbocycles. The zero-order valence-electron chi connectivity index (χ0n) is 9.59. The molecule has 18 heavy (non-hydrogen) atoms. The van der Waals surface area contributed by atoms with Crippen LogP contribution in [-0.2, 0) is 6.18 Å². The van der Waals surface area contributed by atoms with Gasteiger partial charge in [0.1, 0.15) is 5.56 Å². The maximum Gasteiger partial charge on any atom is 0.420 e. The third-order valence-electron chi connectivity index (χ3n) is 2.35. The van der Waals surface area contributed by atoms with Crippen LogP contribution in [-0.4, -0.2) is 14.8 Å². The highest BCUT2D eigenvalue weighted by Crippen LogP contribution is 2.34. The van der Waals surface area contributed by atoms with Gasteiger partial charge >= 0.3 is 6.18 Å². The van der Waals surface area contributed by atoms with Gasteiger partial charge in [-0.1, -0.05) is 0 Å². The van der Waals surface area contributed by atoms with E-state index in [0.29, 0.717) is 11.4 Å². The largest absolute Gasteiger partial charge is 0.420 e. The Morgan fingerprint density at radius 2 is 1.89 bits per heavy atom. The van der Waals surface area contributed by atoms with E-state index >= 15 is 0 Å². The molecule has 0 unspecified atom stereocenters. The molecule has 0 aliphatic rings. The average Bonchev–Trinajstić information content (AvgIpc) is 2.56. The molecule has 0 radical (unpaired) electrons. The van der Waals surface area contributed by atoms with E-state index in [1.807, 2.05) is 0 Å². The standard InChI is InChI=1S/C11H9BrF3N3/c1-6-3-7(2)18(17-6)10-9(11(13,14)15)4-8(12)5-16-10/h3-5H,1-2H3. The topological polar surface area (TPSA) is 30.7 Å². The molecule has 2 heterocycles. The molecule has 96 valence electrons. The molecule has 0 spiro atoms. The van der Waals surface area contributed by atoms with Crippen LogP contribution in [0.25, 0.3) is 5.82 Å². The minimum atomic E-state index is -4.47. The molecular weight excluding hydrogens is 311 g/mol. The van der Waals surface area contributed by atoms with Crippen molar-refractivity contribution in [3.05, 3.63) is 39.8 Å². The van der Waals surface area contributed by atoms with Crippen molar-refractivity contribution in [3.8, 4) is 5.82 Å². The number of pyridine rings is 1. The van der Waals surface area contributed by atoms with E-state index in [4.69, 9.17) is 0 Å². The van der Waals surface area contributed by atoms with E-state index in [-0.39, 0.29) is 10.3 Å². The summed E-state index contributed by atoms with van der Waals surface area (Å²) < 4.78 is 40.3. The molecule has 0 amide bonds. The van der Waals surface area contributed by atoms with Crippen molar-refractivity contribution in [3.63, 3.8) is 0 Å². The van der Waals surface area contributed by atoms with Gasteiger partial charge in [0, 0.05) is 16.4 Å². The van der Waals surface area contributed by atoms with Gasteiger partial charge in [-0.25, -0.2) is 9.67 Å². The Hall–Kier alpha value is -1.37. The Balaban J connectivity index is 2.68. The quantitative estimate of drug-likeness (QED) is 0.803. The predicted molar refractivity (Wildman–Crippen MR) is 63.5 cm³/mol. The number of alkyl halides is 3. The zero-order valence-corrected chi connectivity index (χ0v) is 11.2. The molecule has 0 bridgehead atoms. The van der Waals surface area contributed by atoms with Crippen LogP contribution in [0.3, 0.4) is 0 Å². The highest BCUT2D eigenvalue weighted by Gasteiger charge is 2.35. The van der Waals surface area contributed by atoms with Crippen LogP contribution in [0.2, 0.25) is 0 Å². The fourth-order valence-electron chi connectivity index (χ4n) is 1.65. The van der Waals surface area contributed by atoms with Gasteiger partial charge in [0.2, 0.25) is 0 Å². The summed E-state index contributed by atoms with van der Waals surface area (Å²) in [7, 11) is 0. The van der Waals surface area contributed by atoms with Crippen LogP contribution in [0.5, 0.6) is 0 Å². The van der Waals surface area contributed by atoms with Crippen LogP contribution in [0, 0.1) is 13.8 Å². The first kappa shape index (κ1) is 13.1. The molecule has 2 rings (SSSR count). The molecular formula is C11H9BrF3N3. The minimum absolute atomic E-state index is 0.212. The maximum atomic E-state index is 13.0. The number of aryl methyl sites for hydroxylation is 2. The first-order valence-electron chi connectivity index (χ1n) is 5.05. The summed E-state index contributed by atoms with van der Waals surface area (Å²) in [6.45, 7) is 3.40. The molecule has 0 aliphatic heterocycles. The molecule has 0 fully saturated rings. The van der Waals surface area contributed by atoms with Crippen molar-refractivity contribution in [2.45, 2.75) is 20.0 Å². The third-order valence-corrected chi connectivity index (χ3v) is 2.78. The van der Waals surface area contributed by atoms with E-state index in [0.717, 1.165) is 6.07 Å². The van der Waals surface area contributed by atoms with E-state index in [1.165, 1.54) is 10.9 Å². The van der Waals surface area contributed by atoms with Gasteiger partial charge in [-0.2, -0.15) is 18.3 Å². The highest BCUT2D eigenvalue weighted by molar-refractivity contribution is 9.10. The number of nitrogens with zero attached hydrogens (tertiary/aromatic N) is 3. The lowest BCUT2D eigenvalue weighted by molar-refractivity contribution is -0.137. The van der Waals surface area contributed by atoms with Gasteiger partial charge in [0.15, 0.2) is 5.82 Å². The minimum Gasteiger partial charge on any atom is -0.235 e. The summed E-state index contributed by atoms with van der Waals surface area (Å²) in [6, 6.07) is 2.70. The molecule has 3 nitrogen and oxygen atoms in total. The summed E-state index contributed by atoms with van der Waals surface area (Å²) in [6.07, 6.45) is -3.15. The van der Waals surface area contributed by atoms with Gasteiger partial charge in [-0.3, -0.25) is 0 Å². The van der Waals surface area contributed by atoms with E-state index in [1.54, 1.807) is 19.9 Å². The van der Waals surface area contributed by atoms with Gasteiger partial charge in [-0.15, -0.1) is 0 Å². The molecule has 0 saturated carbocycles. The number of halogens is 4. The second-order valence-corrected chi connectivity index (χ2v) is 4.78. The smallest absolute Gasteiger partial charge is 0.235 e. The SMILES string of the molecule is Cc1cc(C)n(-c2ncc(Br)cc2C(F)(F)F)n1. The van der Waals surface area contributed by atoms with E-state index in [2.05, 4.69) is 26.0 Å². The zero-order chi connectivity index (χ0) is 13.5. The Bertz CT molecular complexity index is 590. The molecule has 2 aromatic rings. The third kappa shape index (κ3) is 2.40. The monoisotopic (exact) mass is 319 g/mol. The Labute approximate surface area is 110 Å². The van der Waals surface area contributed by atoms with Crippen molar-refractivity contribution in [1.82, 2.24) is 14.8 Å². The summed E-state index contributed by atoms with van der Waals surface area (Å²) in [5.41, 5.74) is 0.432. The summed E-state index contributed by atoms with van der Waals surface area (Å²) in [5.74, 6) is -0.212. The van der Waals surface area contributed by atoms with Crippen molar-refractivity contribution in [2.75, 3.05) is 0 Å². The average molecular weight is 320 g/mol. The number of hydrogen-bond donors (Lipinski definition) is 0. The second-order valence-electron chi connectivity index (χ2n) is 3.86. The van der Waals surface area contributed by atoms with Crippen molar-refractivity contribution < 1.29 is 13.2 Å². The number of aromatic nitrogens is 3. The Morgan fingerprint density at radius 3 is 2.39 bits per heavy atom. The number of rotatable bonds is 1. The first-order valence-corrected chi connectivity index (χ1v) is 5.84. The van der Waals surface area contributed by atoms with Crippen LogP contribution >= 0.6 is 15.9 Å². The van der Waals surface area contributed by atoms with Crippen LogP contribution in [0.4, 0.5) is 13.2 Å². The van der Waals surface area contributed by atoms with Crippen molar-refractivity contribution in [1.29, 1.82) is 0 Å². The lowest BCUT2D eigenvalue weighted by Crippen LogP contribution is -2.14. The Morgan fingerprint density at radius 1 is 1.22 bits per heavy atom. The molecule has 7 heteroatoms. The predicted octanol–water partition coefficient (Wildman–Crippen LogP) is 3.67. The van der Waals surface area contributed by atoms with E-state index in [9.17, 15) is 13.2 Å². The molecule has 0 aromatic carbocycles. The first-order chi connectivity index (χ1) is 8.29. The van der Waals surface area contributed by atoms with Crippen LogP contribution < -0.4 is 0 Å². The lowest BCUT2D eigenvalue weighted by Gasteiger charge is -2.13. The van der Waals surface area contributed by atoms with Gasteiger partial charge in [0.25, 0.3) is 0 Å². The molecule has 2 aromatic heterocycles. The lowest BCUT2D eigenvalue weighted by atomic mass is 10.2. The van der Waals surface area contributed by atoms with Crippen LogP contribution in [0.1, 0.15) is 17.0 Å². The summed E-state index contributed by atoms with van der Waals surface area (Å²) in [5, 5.41) is 4.02. The highest BCUT2D eigenvalue weighted by atomic mass is 79.9.